The second-order valence-electron chi connectivity index (χ2n) is 7.26. The Morgan fingerprint density at radius 1 is 1.16 bits per heavy atom. The predicted octanol–water partition coefficient (Wildman–Crippen LogP) is 3.15. The molecule has 0 bridgehead atoms. The molecule has 1 aliphatic heterocycles. The summed E-state index contributed by atoms with van der Waals surface area (Å²) in [5, 5.41) is 6.56. The summed E-state index contributed by atoms with van der Waals surface area (Å²) >= 11 is 0. The van der Waals surface area contributed by atoms with E-state index in [1.807, 2.05) is 0 Å². The zero-order valence-corrected chi connectivity index (χ0v) is 17.1. The maximum atomic E-state index is 12.5. The molecule has 2 aromatic rings. The van der Waals surface area contributed by atoms with Gasteiger partial charge in [-0.15, -0.1) is 0 Å². The Labute approximate surface area is 176 Å². The summed E-state index contributed by atoms with van der Waals surface area (Å²) in [6, 6.07) is 6.99. The number of alkyl halides is 3. The van der Waals surface area contributed by atoms with E-state index in [4.69, 9.17) is 4.52 Å². The van der Waals surface area contributed by atoms with Crippen molar-refractivity contribution in [3.05, 3.63) is 47.3 Å². The SMILES string of the molecule is Cc1cc(C(=O)N2CCN(C(=O)NC(C)c3ccc(OCC(F)(F)F)cc3)CC2)on1. The number of nitrogens with one attached hydrogen (secondary N) is 1. The first-order valence-electron chi connectivity index (χ1n) is 9.70. The Hall–Kier alpha value is -3.24. The van der Waals surface area contributed by atoms with Crippen LogP contribution in [0.15, 0.2) is 34.9 Å². The summed E-state index contributed by atoms with van der Waals surface area (Å²) in [5.41, 5.74) is 1.34. The number of carbonyl (C=O) groups is 2. The number of hydrogen-bond donors (Lipinski definition) is 1. The van der Waals surface area contributed by atoms with Gasteiger partial charge in [0.2, 0.25) is 5.76 Å². The van der Waals surface area contributed by atoms with Gasteiger partial charge in [-0.1, -0.05) is 17.3 Å². The molecule has 1 unspecified atom stereocenters. The van der Waals surface area contributed by atoms with E-state index < -0.39 is 12.8 Å². The number of aromatic nitrogens is 1. The monoisotopic (exact) mass is 440 g/mol. The van der Waals surface area contributed by atoms with E-state index in [1.54, 1.807) is 41.8 Å². The van der Waals surface area contributed by atoms with Crippen LogP contribution in [0, 0.1) is 6.92 Å². The molecule has 1 N–H and O–H groups in total. The van der Waals surface area contributed by atoms with E-state index >= 15 is 0 Å². The van der Waals surface area contributed by atoms with Crippen molar-refractivity contribution in [2.45, 2.75) is 26.1 Å². The van der Waals surface area contributed by atoms with Gasteiger partial charge in [0.15, 0.2) is 6.61 Å². The first kappa shape index (κ1) is 22.4. The Bertz CT molecular complexity index is 906. The normalized spacial score (nSPS) is 15.5. The topological polar surface area (TPSA) is 87.9 Å². The minimum Gasteiger partial charge on any atom is -0.484 e. The van der Waals surface area contributed by atoms with E-state index in [-0.39, 0.29) is 29.5 Å². The smallest absolute Gasteiger partial charge is 0.422 e. The Balaban J connectivity index is 1.47. The lowest BCUT2D eigenvalue weighted by Crippen LogP contribution is -2.53. The van der Waals surface area contributed by atoms with Crippen molar-refractivity contribution in [3.63, 3.8) is 0 Å². The molecule has 1 aliphatic rings. The second kappa shape index (κ2) is 9.27. The second-order valence-corrected chi connectivity index (χ2v) is 7.26. The number of halogens is 3. The van der Waals surface area contributed by atoms with Gasteiger partial charge < -0.3 is 24.4 Å². The average Bonchev–Trinajstić information content (AvgIpc) is 3.18. The first-order valence-corrected chi connectivity index (χ1v) is 9.70. The number of piperazine rings is 1. The van der Waals surface area contributed by atoms with Crippen LogP contribution in [0.5, 0.6) is 5.75 Å². The summed E-state index contributed by atoms with van der Waals surface area (Å²) < 4.78 is 46.3. The van der Waals surface area contributed by atoms with E-state index in [9.17, 15) is 22.8 Å². The summed E-state index contributed by atoms with van der Waals surface area (Å²) in [5.74, 6) is 0.0101. The van der Waals surface area contributed by atoms with E-state index in [2.05, 4.69) is 15.2 Å². The van der Waals surface area contributed by atoms with Gasteiger partial charge in [0.05, 0.1) is 11.7 Å². The molecule has 0 spiro atoms. The fraction of sp³-hybridized carbons (Fsp3) is 0.450. The molecule has 1 atom stereocenters. The number of carbonyl (C=O) groups excluding carboxylic acids is 2. The number of urea groups is 1. The van der Waals surface area contributed by atoms with Gasteiger partial charge in [0.25, 0.3) is 5.91 Å². The highest BCUT2D eigenvalue weighted by Gasteiger charge is 2.29. The third kappa shape index (κ3) is 6.12. The van der Waals surface area contributed by atoms with E-state index in [1.165, 1.54) is 12.1 Å². The van der Waals surface area contributed by atoms with Crippen molar-refractivity contribution >= 4 is 11.9 Å². The van der Waals surface area contributed by atoms with Gasteiger partial charge >= 0.3 is 12.2 Å². The molecule has 0 aliphatic carbocycles. The van der Waals surface area contributed by atoms with Gasteiger partial charge in [-0.3, -0.25) is 4.79 Å². The van der Waals surface area contributed by atoms with Gasteiger partial charge in [-0.05, 0) is 31.5 Å². The highest BCUT2D eigenvalue weighted by molar-refractivity contribution is 5.91. The molecular weight excluding hydrogens is 417 g/mol. The van der Waals surface area contributed by atoms with Crippen molar-refractivity contribution in [2.75, 3.05) is 32.8 Å². The number of nitrogens with zero attached hydrogens (tertiary/aromatic N) is 3. The Kier molecular flexibility index (Phi) is 6.71. The molecule has 31 heavy (non-hydrogen) atoms. The molecule has 1 aromatic carbocycles. The fourth-order valence-corrected chi connectivity index (χ4v) is 3.11. The van der Waals surface area contributed by atoms with Crippen molar-refractivity contribution in [3.8, 4) is 5.75 Å². The Morgan fingerprint density at radius 2 is 1.77 bits per heavy atom. The molecule has 1 aromatic heterocycles. The molecule has 168 valence electrons. The van der Waals surface area contributed by atoms with E-state index in [0.717, 1.165) is 5.56 Å². The maximum absolute atomic E-state index is 12.5. The van der Waals surface area contributed by atoms with Gasteiger partial charge in [-0.25, -0.2) is 4.79 Å². The number of ether oxygens (including phenoxy) is 1. The molecule has 11 heteroatoms. The number of rotatable bonds is 5. The zero-order chi connectivity index (χ0) is 22.6. The van der Waals surface area contributed by atoms with E-state index in [0.29, 0.717) is 31.9 Å². The minimum absolute atomic E-state index is 0.0994. The molecule has 0 saturated carbocycles. The largest absolute Gasteiger partial charge is 0.484 e. The molecule has 3 rings (SSSR count). The third-order valence-electron chi connectivity index (χ3n) is 4.82. The fourth-order valence-electron chi connectivity index (χ4n) is 3.11. The van der Waals surface area contributed by atoms with Crippen molar-refractivity contribution < 1.29 is 32.0 Å². The van der Waals surface area contributed by atoms with Crippen LogP contribution in [0.4, 0.5) is 18.0 Å². The number of benzene rings is 1. The van der Waals surface area contributed by atoms with Crippen LogP contribution in [0.1, 0.15) is 34.8 Å². The molecule has 3 amide bonds. The molecule has 0 radical (unpaired) electrons. The quantitative estimate of drug-likeness (QED) is 0.772. The average molecular weight is 440 g/mol. The third-order valence-corrected chi connectivity index (χ3v) is 4.82. The van der Waals surface area contributed by atoms with Crippen LogP contribution in [0.3, 0.4) is 0 Å². The van der Waals surface area contributed by atoms with Crippen LogP contribution < -0.4 is 10.1 Å². The minimum atomic E-state index is -4.40. The van der Waals surface area contributed by atoms with Crippen molar-refractivity contribution in [1.29, 1.82) is 0 Å². The summed E-state index contributed by atoms with van der Waals surface area (Å²) in [7, 11) is 0. The molecule has 1 fully saturated rings. The van der Waals surface area contributed by atoms with Crippen LogP contribution >= 0.6 is 0 Å². The number of amides is 3. The lowest BCUT2D eigenvalue weighted by molar-refractivity contribution is -0.153. The summed E-state index contributed by atoms with van der Waals surface area (Å²) in [6.07, 6.45) is -4.40. The van der Waals surface area contributed by atoms with Crippen LogP contribution in [-0.2, 0) is 0 Å². The lowest BCUT2D eigenvalue weighted by Gasteiger charge is -2.34. The van der Waals surface area contributed by atoms with Crippen molar-refractivity contribution in [1.82, 2.24) is 20.3 Å². The summed E-state index contributed by atoms with van der Waals surface area (Å²) in [4.78, 5) is 28.1. The van der Waals surface area contributed by atoms with Crippen molar-refractivity contribution in [2.24, 2.45) is 0 Å². The number of hydrogen-bond acceptors (Lipinski definition) is 5. The highest BCUT2D eigenvalue weighted by atomic mass is 19.4. The van der Waals surface area contributed by atoms with Gasteiger partial charge in [0.1, 0.15) is 5.75 Å². The van der Waals surface area contributed by atoms with Gasteiger partial charge in [0, 0.05) is 32.2 Å². The van der Waals surface area contributed by atoms with Gasteiger partial charge in [-0.2, -0.15) is 13.2 Å². The Morgan fingerprint density at radius 3 is 2.32 bits per heavy atom. The number of aryl methyl sites for hydroxylation is 1. The molecule has 2 heterocycles. The lowest BCUT2D eigenvalue weighted by atomic mass is 10.1. The molecular formula is C20H23F3N4O4. The van der Waals surface area contributed by atoms with Crippen LogP contribution in [-0.4, -0.2) is 65.9 Å². The molecule has 8 nitrogen and oxygen atoms in total. The zero-order valence-electron chi connectivity index (χ0n) is 17.1. The van der Waals surface area contributed by atoms with Crippen LogP contribution in [0.25, 0.3) is 0 Å². The van der Waals surface area contributed by atoms with Crippen LogP contribution in [0.2, 0.25) is 0 Å². The first-order chi connectivity index (χ1) is 14.6. The molecule has 1 saturated heterocycles. The standard InChI is InChI=1S/C20H23F3N4O4/c1-13-11-17(31-25-13)18(28)26-7-9-27(10-8-26)19(29)24-14(2)15-3-5-16(6-4-15)30-12-20(21,22)23/h3-6,11,14H,7-10,12H2,1-2H3,(H,24,29). The predicted molar refractivity (Wildman–Crippen MR) is 104 cm³/mol. The summed E-state index contributed by atoms with van der Waals surface area (Å²) in [6.45, 7) is 3.60. The maximum Gasteiger partial charge on any atom is 0.422 e. The highest BCUT2D eigenvalue weighted by Crippen LogP contribution is 2.21.